The number of aliphatic hydroxyl groups excluding tert-OH is 1. The van der Waals surface area contributed by atoms with Gasteiger partial charge in [-0.2, -0.15) is 20.3 Å². The van der Waals surface area contributed by atoms with E-state index in [1.165, 1.54) is 4.88 Å². The minimum atomic E-state index is -0.835. The van der Waals surface area contributed by atoms with E-state index in [1.54, 1.807) is 16.0 Å². The maximum Gasteiger partial charge on any atom is 0.320 e. The number of aromatic nitrogens is 5. The number of halogens is 1. The topological polar surface area (TPSA) is 134 Å². The Morgan fingerprint density at radius 1 is 1.30 bits per heavy atom. The zero-order valence-corrected chi connectivity index (χ0v) is 24.9. The van der Waals surface area contributed by atoms with Crippen LogP contribution in [-0.4, -0.2) is 78.8 Å². The van der Waals surface area contributed by atoms with E-state index in [2.05, 4.69) is 21.0 Å². The van der Waals surface area contributed by atoms with Gasteiger partial charge in [0, 0.05) is 61.4 Å². The number of thiophene rings is 1. The van der Waals surface area contributed by atoms with Crippen LogP contribution in [0.25, 0.3) is 11.0 Å². The van der Waals surface area contributed by atoms with Crippen molar-refractivity contribution in [1.82, 2.24) is 29.2 Å². The van der Waals surface area contributed by atoms with Crippen LogP contribution < -0.4 is 15.4 Å². The minimum Gasteiger partial charge on any atom is -0.461 e. The normalized spacial score (nSPS) is 24.0. The first-order chi connectivity index (χ1) is 20.8. The maximum atomic E-state index is 14.4. The van der Waals surface area contributed by atoms with Crippen LogP contribution in [0.15, 0.2) is 18.5 Å². The molecule has 0 amide bonds. The summed E-state index contributed by atoms with van der Waals surface area (Å²) in [4.78, 5) is 15.6. The molecule has 3 aliphatic heterocycles. The summed E-state index contributed by atoms with van der Waals surface area (Å²) in [5.41, 5.74) is 9.83. The molecule has 43 heavy (non-hydrogen) atoms. The van der Waals surface area contributed by atoms with Gasteiger partial charge in [-0.05, 0) is 43.9 Å². The van der Waals surface area contributed by atoms with Gasteiger partial charge in [0.15, 0.2) is 0 Å². The molecule has 11 nitrogen and oxygen atoms in total. The second kappa shape index (κ2) is 9.64. The van der Waals surface area contributed by atoms with Crippen molar-refractivity contribution in [3.63, 3.8) is 0 Å². The third-order valence-corrected chi connectivity index (χ3v) is 11.1. The number of aryl methyl sites for hydroxylation is 2. The Bertz CT molecular complexity index is 1780. The fourth-order valence-corrected chi connectivity index (χ4v) is 9.26. The average Bonchev–Trinajstić information content (AvgIpc) is 3.79. The molecule has 3 N–H and O–H groups in total. The van der Waals surface area contributed by atoms with E-state index in [-0.39, 0.29) is 23.6 Å². The van der Waals surface area contributed by atoms with E-state index >= 15 is 0 Å². The zero-order chi connectivity index (χ0) is 29.5. The van der Waals surface area contributed by atoms with Gasteiger partial charge < -0.3 is 25.0 Å². The molecule has 13 heteroatoms. The number of nitrogen functional groups attached to an aromatic ring is 1. The van der Waals surface area contributed by atoms with Crippen LogP contribution in [-0.2, 0) is 32.0 Å². The van der Waals surface area contributed by atoms with E-state index in [9.17, 15) is 14.8 Å². The van der Waals surface area contributed by atoms with Gasteiger partial charge in [0.1, 0.15) is 35.3 Å². The van der Waals surface area contributed by atoms with Gasteiger partial charge in [-0.25, -0.2) is 4.39 Å². The summed E-state index contributed by atoms with van der Waals surface area (Å²) in [5.74, 6) is 0.795. The SMILES string of the molecule is Cn1cc(Cn2ccc3c(N4CC5(CCc6sc(N)c(C#N)c65)C4)nc(OC[C@@]45CCCN4C[C@H](F)C5)nc32)c(CO)n1. The van der Waals surface area contributed by atoms with E-state index < -0.39 is 6.17 Å². The zero-order valence-electron chi connectivity index (χ0n) is 24.1. The Morgan fingerprint density at radius 3 is 2.98 bits per heavy atom. The van der Waals surface area contributed by atoms with Crippen molar-refractivity contribution in [2.24, 2.45) is 7.05 Å². The standard InChI is InChI=1S/C30H34FN9O2S/c1-37-11-18(22(14-41)36-37)12-38-8-4-20-26(38)34-28(42-17-30-5-2-7-40(30)13-19(31)9-30)35-27(20)39-15-29(16-39)6-3-23-24(29)21(10-32)25(33)43-23/h4,8,11,19,41H,2-3,5-7,9,12-17,33H2,1H3/t19-,30+/m1/s1. The van der Waals surface area contributed by atoms with E-state index in [0.717, 1.165) is 73.3 Å². The van der Waals surface area contributed by atoms with Crippen LogP contribution in [0.4, 0.5) is 15.2 Å². The van der Waals surface area contributed by atoms with Gasteiger partial charge >= 0.3 is 6.01 Å². The number of hydrogen-bond donors (Lipinski definition) is 2. The van der Waals surface area contributed by atoms with Gasteiger partial charge in [0.25, 0.3) is 0 Å². The van der Waals surface area contributed by atoms with Crippen LogP contribution in [0.3, 0.4) is 0 Å². The highest BCUT2D eigenvalue weighted by molar-refractivity contribution is 7.16. The highest BCUT2D eigenvalue weighted by atomic mass is 32.1. The number of rotatable bonds is 7. The second-order valence-corrected chi connectivity index (χ2v) is 13.8. The van der Waals surface area contributed by atoms with Gasteiger partial charge in [-0.15, -0.1) is 11.3 Å². The summed E-state index contributed by atoms with van der Waals surface area (Å²) >= 11 is 1.55. The van der Waals surface area contributed by atoms with Crippen LogP contribution in [0.1, 0.15) is 52.9 Å². The molecule has 3 saturated heterocycles. The predicted octanol–water partition coefficient (Wildman–Crippen LogP) is 2.88. The van der Waals surface area contributed by atoms with E-state index in [4.69, 9.17) is 20.4 Å². The Kier molecular flexibility index (Phi) is 6.02. The summed E-state index contributed by atoms with van der Waals surface area (Å²) < 4.78 is 24.5. The number of fused-ring (bicyclic) bond motifs is 4. The first-order valence-electron chi connectivity index (χ1n) is 14.9. The molecule has 3 fully saturated rings. The minimum absolute atomic E-state index is 0.107. The first kappa shape index (κ1) is 26.9. The van der Waals surface area contributed by atoms with Crippen molar-refractivity contribution in [1.29, 1.82) is 5.26 Å². The number of nitrogens with zero attached hydrogens (tertiary/aromatic N) is 8. The second-order valence-electron chi connectivity index (χ2n) is 12.7. The molecule has 0 radical (unpaired) electrons. The lowest BCUT2D eigenvalue weighted by Crippen LogP contribution is -2.59. The molecule has 0 saturated carbocycles. The largest absolute Gasteiger partial charge is 0.461 e. The molecule has 7 heterocycles. The number of ether oxygens (including phenoxy) is 1. The van der Waals surface area contributed by atoms with Crippen LogP contribution in [0.2, 0.25) is 0 Å². The first-order valence-corrected chi connectivity index (χ1v) is 15.7. The summed E-state index contributed by atoms with van der Waals surface area (Å²) in [7, 11) is 1.84. The molecule has 0 unspecified atom stereocenters. The number of nitrogens with two attached hydrogens (primary N) is 1. The summed E-state index contributed by atoms with van der Waals surface area (Å²) in [6, 6.07) is 4.67. The van der Waals surface area contributed by atoms with Crippen molar-refractivity contribution in [3.05, 3.63) is 45.7 Å². The molecule has 1 aliphatic carbocycles. The molecule has 224 valence electrons. The molecule has 4 aliphatic rings. The molecule has 4 aromatic rings. The number of hydrogen-bond acceptors (Lipinski definition) is 10. The van der Waals surface area contributed by atoms with Crippen molar-refractivity contribution in [3.8, 4) is 12.1 Å². The average molecular weight is 604 g/mol. The van der Waals surface area contributed by atoms with Crippen molar-refractivity contribution < 1.29 is 14.2 Å². The highest BCUT2D eigenvalue weighted by Crippen LogP contribution is 2.53. The maximum absolute atomic E-state index is 14.4. The Hall–Kier alpha value is -3.73. The fourth-order valence-electron chi connectivity index (χ4n) is 8.12. The number of nitriles is 1. The molecule has 1 spiro atoms. The molecule has 0 bridgehead atoms. The number of aliphatic hydroxyl groups is 1. The van der Waals surface area contributed by atoms with Crippen molar-refractivity contribution in [2.75, 3.05) is 43.4 Å². The lowest BCUT2D eigenvalue weighted by molar-refractivity contribution is 0.107. The molecule has 0 aromatic carbocycles. The van der Waals surface area contributed by atoms with Crippen molar-refractivity contribution >= 4 is 33.2 Å². The summed E-state index contributed by atoms with van der Waals surface area (Å²) in [6.45, 7) is 3.52. The third-order valence-electron chi connectivity index (χ3n) is 10.1. The highest BCUT2D eigenvalue weighted by Gasteiger charge is 2.52. The molecular weight excluding hydrogens is 569 g/mol. The van der Waals surface area contributed by atoms with Crippen molar-refractivity contribution in [2.45, 2.75) is 62.4 Å². The third kappa shape index (κ3) is 4.07. The monoisotopic (exact) mass is 603 g/mol. The number of alkyl halides is 1. The van der Waals surface area contributed by atoms with Gasteiger partial charge in [0.05, 0.1) is 35.3 Å². The van der Waals surface area contributed by atoms with Crippen LogP contribution >= 0.6 is 11.3 Å². The molecule has 2 atom stereocenters. The lowest BCUT2D eigenvalue weighted by Gasteiger charge is -2.49. The van der Waals surface area contributed by atoms with Gasteiger partial charge in [-0.3, -0.25) is 9.58 Å². The van der Waals surface area contributed by atoms with Gasteiger partial charge in [-0.1, -0.05) is 0 Å². The smallest absolute Gasteiger partial charge is 0.320 e. The Morgan fingerprint density at radius 2 is 2.16 bits per heavy atom. The van der Waals surface area contributed by atoms with Gasteiger partial charge in [0.2, 0.25) is 0 Å². The van der Waals surface area contributed by atoms with E-state index in [1.807, 2.05) is 30.1 Å². The summed E-state index contributed by atoms with van der Waals surface area (Å²) in [5, 5.41) is 25.6. The van der Waals surface area contributed by atoms with Crippen LogP contribution in [0.5, 0.6) is 6.01 Å². The fraction of sp³-hybridized carbons (Fsp3) is 0.533. The Labute approximate surface area is 252 Å². The molecular formula is C30H34FN9O2S. The van der Waals surface area contributed by atoms with E-state index in [0.29, 0.717) is 42.4 Å². The summed E-state index contributed by atoms with van der Waals surface area (Å²) in [6.07, 6.45) is 7.42. The van der Waals surface area contributed by atoms with Crippen LogP contribution in [0, 0.1) is 11.3 Å². The lowest BCUT2D eigenvalue weighted by atomic mass is 9.74. The Balaban J connectivity index is 1.15. The predicted molar refractivity (Wildman–Crippen MR) is 160 cm³/mol. The number of anilines is 2. The quantitative estimate of drug-likeness (QED) is 0.327. The molecule has 4 aromatic heterocycles. The molecule has 8 rings (SSSR count).